The minimum absolute atomic E-state index is 0.103. The SMILES string of the molecule is CCN1CCC(CC(=O)N2CCCC(c3cc(=O)[nH]c(C)n3)C2)CC1. The number of aryl methyl sites for hydroxylation is 1. The lowest BCUT2D eigenvalue weighted by molar-refractivity contribution is -0.133. The number of carbonyl (C=O) groups is 1. The Bertz CT molecular complexity index is 649. The fourth-order valence-electron chi connectivity index (χ4n) is 4.14. The van der Waals surface area contributed by atoms with Gasteiger partial charge < -0.3 is 14.8 Å². The van der Waals surface area contributed by atoms with Crippen LogP contribution in [0.4, 0.5) is 0 Å². The second-order valence-corrected chi connectivity index (χ2v) is 7.52. The third-order valence-corrected chi connectivity index (χ3v) is 5.69. The summed E-state index contributed by atoms with van der Waals surface area (Å²) in [6, 6.07) is 1.59. The molecule has 2 fully saturated rings. The summed E-state index contributed by atoms with van der Waals surface area (Å²) in [6.45, 7) is 8.88. The Morgan fingerprint density at radius 1 is 1.28 bits per heavy atom. The highest BCUT2D eigenvalue weighted by molar-refractivity contribution is 5.76. The Labute approximate surface area is 149 Å². The minimum Gasteiger partial charge on any atom is -0.342 e. The molecule has 2 saturated heterocycles. The van der Waals surface area contributed by atoms with Crippen molar-refractivity contribution in [3.8, 4) is 0 Å². The molecular weight excluding hydrogens is 316 g/mol. The molecule has 0 saturated carbocycles. The molecule has 0 radical (unpaired) electrons. The molecule has 2 aliphatic rings. The molecule has 1 atom stereocenters. The third-order valence-electron chi connectivity index (χ3n) is 5.69. The van der Waals surface area contributed by atoms with Crippen LogP contribution in [0.25, 0.3) is 0 Å². The molecule has 0 aliphatic carbocycles. The van der Waals surface area contributed by atoms with E-state index >= 15 is 0 Å². The lowest BCUT2D eigenvalue weighted by Gasteiger charge is -2.35. The van der Waals surface area contributed by atoms with Crippen molar-refractivity contribution in [2.45, 2.75) is 51.9 Å². The fourth-order valence-corrected chi connectivity index (χ4v) is 4.14. The maximum Gasteiger partial charge on any atom is 0.251 e. The van der Waals surface area contributed by atoms with Gasteiger partial charge in [-0.2, -0.15) is 0 Å². The van der Waals surface area contributed by atoms with Crippen LogP contribution in [0.2, 0.25) is 0 Å². The molecule has 1 amide bonds. The lowest BCUT2D eigenvalue weighted by Crippen LogP contribution is -2.41. The molecule has 25 heavy (non-hydrogen) atoms. The van der Waals surface area contributed by atoms with Crippen molar-refractivity contribution in [3.05, 3.63) is 27.9 Å². The summed E-state index contributed by atoms with van der Waals surface area (Å²) < 4.78 is 0. The van der Waals surface area contributed by atoms with Crippen molar-refractivity contribution in [2.24, 2.45) is 5.92 Å². The van der Waals surface area contributed by atoms with Gasteiger partial charge in [0.25, 0.3) is 5.56 Å². The van der Waals surface area contributed by atoms with E-state index in [9.17, 15) is 9.59 Å². The van der Waals surface area contributed by atoms with Crippen molar-refractivity contribution >= 4 is 5.91 Å². The summed E-state index contributed by atoms with van der Waals surface area (Å²) in [5.74, 6) is 1.63. The topological polar surface area (TPSA) is 69.3 Å². The van der Waals surface area contributed by atoms with Crippen molar-refractivity contribution in [3.63, 3.8) is 0 Å². The quantitative estimate of drug-likeness (QED) is 0.904. The number of hydrogen-bond acceptors (Lipinski definition) is 4. The van der Waals surface area contributed by atoms with E-state index in [-0.39, 0.29) is 17.4 Å². The van der Waals surface area contributed by atoms with E-state index in [2.05, 4.69) is 21.8 Å². The normalized spacial score (nSPS) is 23.0. The van der Waals surface area contributed by atoms with Crippen LogP contribution in [0.15, 0.2) is 10.9 Å². The van der Waals surface area contributed by atoms with Gasteiger partial charge in [-0.3, -0.25) is 9.59 Å². The van der Waals surface area contributed by atoms with Crippen molar-refractivity contribution in [1.29, 1.82) is 0 Å². The van der Waals surface area contributed by atoms with E-state index in [0.717, 1.165) is 57.6 Å². The van der Waals surface area contributed by atoms with Crippen LogP contribution in [0.5, 0.6) is 0 Å². The van der Waals surface area contributed by atoms with Crippen LogP contribution in [0, 0.1) is 12.8 Å². The molecule has 0 spiro atoms. The first kappa shape index (κ1) is 18.1. The maximum atomic E-state index is 12.8. The summed E-state index contributed by atoms with van der Waals surface area (Å²) in [7, 11) is 0. The molecule has 0 bridgehead atoms. The Morgan fingerprint density at radius 3 is 2.72 bits per heavy atom. The van der Waals surface area contributed by atoms with Gasteiger partial charge in [-0.1, -0.05) is 6.92 Å². The van der Waals surface area contributed by atoms with Gasteiger partial charge in [-0.15, -0.1) is 0 Å². The Balaban J connectivity index is 1.57. The van der Waals surface area contributed by atoms with Crippen LogP contribution in [-0.2, 0) is 4.79 Å². The van der Waals surface area contributed by atoms with Crippen LogP contribution in [0.3, 0.4) is 0 Å². The van der Waals surface area contributed by atoms with Crippen LogP contribution in [-0.4, -0.2) is 58.4 Å². The van der Waals surface area contributed by atoms with E-state index in [4.69, 9.17) is 0 Å². The molecular formula is C19H30N4O2. The van der Waals surface area contributed by atoms with Gasteiger partial charge in [0.05, 0.1) is 5.69 Å². The van der Waals surface area contributed by atoms with E-state index in [1.165, 1.54) is 0 Å². The first-order valence-corrected chi connectivity index (χ1v) is 9.63. The molecule has 1 aromatic heterocycles. The zero-order chi connectivity index (χ0) is 17.8. The molecule has 1 aromatic rings. The van der Waals surface area contributed by atoms with Crippen molar-refractivity contribution < 1.29 is 4.79 Å². The van der Waals surface area contributed by atoms with Crippen LogP contribution >= 0.6 is 0 Å². The molecule has 0 aromatic carbocycles. The fraction of sp³-hybridized carbons (Fsp3) is 0.737. The van der Waals surface area contributed by atoms with Gasteiger partial charge >= 0.3 is 0 Å². The van der Waals surface area contributed by atoms with Crippen molar-refractivity contribution in [2.75, 3.05) is 32.7 Å². The maximum absolute atomic E-state index is 12.8. The highest BCUT2D eigenvalue weighted by atomic mass is 16.2. The summed E-state index contributed by atoms with van der Waals surface area (Å²) >= 11 is 0. The number of piperidine rings is 2. The van der Waals surface area contributed by atoms with E-state index < -0.39 is 0 Å². The highest BCUT2D eigenvalue weighted by Crippen LogP contribution is 2.27. The number of aromatic amines is 1. The summed E-state index contributed by atoms with van der Waals surface area (Å²) in [5, 5.41) is 0. The number of rotatable bonds is 4. The molecule has 6 heteroatoms. The molecule has 2 aliphatic heterocycles. The second-order valence-electron chi connectivity index (χ2n) is 7.52. The monoisotopic (exact) mass is 346 g/mol. The van der Waals surface area contributed by atoms with Gasteiger partial charge in [-0.25, -0.2) is 4.98 Å². The Hall–Kier alpha value is -1.69. The number of hydrogen-bond donors (Lipinski definition) is 1. The molecule has 138 valence electrons. The number of nitrogens with zero attached hydrogens (tertiary/aromatic N) is 3. The minimum atomic E-state index is -0.103. The molecule has 1 N–H and O–H groups in total. The lowest BCUT2D eigenvalue weighted by atomic mass is 9.91. The molecule has 3 heterocycles. The summed E-state index contributed by atoms with van der Waals surface area (Å²) in [5.41, 5.74) is 0.726. The standard InChI is InChI=1S/C19H30N4O2/c1-3-22-9-6-15(7-10-22)11-19(25)23-8-4-5-16(13-23)17-12-18(24)21-14(2)20-17/h12,15-16H,3-11,13H2,1-2H3,(H,20,21,24). The smallest absolute Gasteiger partial charge is 0.251 e. The predicted octanol–water partition coefficient (Wildman–Crippen LogP) is 1.91. The zero-order valence-electron chi connectivity index (χ0n) is 15.5. The largest absolute Gasteiger partial charge is 0.342 e. The van der Waals surface area contributed by atoms with Crippen molar-refractivity contribution in [1.82, 2.24) is 19.8 Å². The Kier molecular flexibility index (Phi) is 5.89. The third kappa shape index (κ3) is 4.69. The van der Waals surface area contributed by atoms with Gasteiger partial charge in [-0.05, 0) is 58.2 Å². The molecule has 6 nitrogen and oxygen atoms in total. The van der Waals surface area contributed by atoms with Gasteiger partial charge in [0.15, 0.2) is 0 Å². The molecule has 1 unspecified atom stereocenters. The van der Waals surface area contributed by atoms with Crippen LogP contribution in [0.1, 0.15) is 56.5 Å². The van der Waals surface area contributed by atoms with Gasteiger partial charge in [0.2, 0.25) is 5.91 Å². The summed E-state index contributed by atoms with van der Waals surface area (Å²) in [6.07, 6.45) is 4.91. The second kappa shape index (κ2) is 8.13. The number of aromatic nitrogens is 2. The first-order valence-electron chi connectivity index (χ1n) is 9.63. The van der Waals surface area contributed by atoms with E-state index in [1.54, 1.807) is 13.0 Å². The number of H-pyrrole nitrogens is 1. The number of nitrogens with one attached hydrogen (secondary N) is 1. The summed E-state index contributed by atoms with van der Waals surface area (Å²) in [4.78, 5) is 36.1. The average molecular weight is 346 g/mol. The van der Waals surface area contributed by atoms with E-state index in [1.807, 2.05) is 4.90 Å². The predicted molar refractivity (Wildman–Crippen MR) is 97.6 cm³/mol. The first-order chi connectivity index (χ1) is 12.0. The molecule has 3 rings (SSSR count). The highest BCUT2D eigenvalue weighted by Gasteiger charge is 2.28. The van der Waals surface area contributed by atoms with Gasteiger partial charge in [0, 0.05) is 31.5 Å². The average Bonchev–Trinajstić information content (AvgIpc) is 2.61. The van der Waals surface area contributed by atoms with Crippen LogP contribution < -0.4 is 5.56 Å². The van der Waals surface area contributed by atoms with E-state index in [0.29, 0.717) is 24.7 Å². The zero-order valence-corrected chi connectivity index (χ0v) is 15.5. The number of likely N-dealkylation sites (tertiary alicyclic amines) is 2. The van der Waals surface area contributed by atoms with Gasteiger partial charge in [0.1, 0.15) is 5.82 Å². The number of carbonyl (C=O) groups excluding carboxylic acids is 1. The number of amides is 1. The Morgan fingerprint density at radius 2 is 2.04 bits per heavy atom.